The molecule has 1 aromatic carbocycles. The van der Waals surface area contributed by atoms with E-state index in [4.69, 9.17) is 15.6 Å². The number of H-pyrrole nitrogens is 1. The molecule has 0 radical (unpaired) electrons. The van der Waals surface area contributed by atoms with Gasteiger partial charge in [-0.15, -0.1) is 0 Å². The molecule has 2 aromatic heterocycles. The highest BCUT2D eigenvalue weighted by Crippen LogP contribution is 2.32. The zero-order valence-electron chi connectivity index (χ0n) is 17.8. The topological polar surface area (TPSA) is 168 Å². The highest BCUT2D eigenvalue weighted by atomic mass is 32.2. The molecule has 0 aliphatic heterocycles. The van der Waals surface area contributed by atoms with Gasteiger partial charge in [-0.1, -0.05) is 0 Å². The average Bonchev–Trinajstić information content (AvgIpc) is 3.58. The van der Waals surface area contributed by atoms with E-state index in [0.29, 0.717) is 11.5 Å². The number of rotatable bonds is 9. The predicted molar refractivity (Wildman–Crippen MR) is 122 cm³/mol. The molecule has 0 spiro atoms. The number of benzene rings is 1. The molecule has 1 amide bonds. The van der Waals surface area contributed by atoms with Crippen LogP contribution in [0.25, 0.3) is 0 Å². The Labute approximate surface area is 193 Å². The number of ether oxygens (including phenoxy) is 1. The van der Waals surface area contributed by atoms with E-state index in [0.717, 1.165) is 23.4 Å². The van der Waals surface area contributed by atoms with E-state index >= 15 is 0 Å². The molecule has 0 bridgehead atoms. The molecule has 0 saturated heterocycles. The van der Waals surface area contributed by atoms with Gasteiger partial charge in [0.1, 0.15) is 12.3 Å². The van der Waals surface area contributed by atoms with Crippen LogP contribution >= 0.6 is 11.8 Å². The molecule has 172 valence electrons. The van der Waals surface area contributed by atoms with Gasteiger partial charge in [0.2, 0.25) is 5.91 Å². The number of nitrogens with two attached hydrogens (primary N) is 1. The number of aromatic nitrogens is 4. The van der Waals surface area contributed by atoms with Gasteiger partial charge in [0.15, 0.2) is 22.5 Å². The molecule has 4 rings (SSSR count). The van der Waals surface area contributed by atoms with Gasteiger partial charge in [-0.05, 0) is 55.8 Å². The van der Waals surface area contributed by atoms with Gasteiger partial charge in [0, 0.05) is 28.3 Å². The normalized spacial score (nSPS) is 12.9. The number of carbonyl (C=O) groups is 2. The van der Waals surface area contributed by atoms with Crippen molar-refractivity contribution in [2.75, 3.05) is 29.6 Å². The number of aryl methyl sites for hydroxylation is 1. The maximum absolute atomic E-state index is 12.4. The number of nitrogen functional groups attached to an aromatic ring is 1. The van der Waals surface area contributed by atoms with Crippen LogP contribution in [0.5, 0.6) is 0 Å². The number of aromatic amines is 1. The molecule has 33 heavy (non-hydrogen) atoms. The number of aliphatic hydroxyl groups is 1. The summed E-state index contributed by atoms with van der Waals surface area (Å²) in [6.45, 7) is 1.34. The summed E-state index contributed by atoms with van der Waals surface area (Å²) in [7, 11) is 0. The van der Waals surface area contributed by atoms with Crippen molar-refractivity contribution in [1.82, 2.24) is 20.2 Å². The molecule has 2 heterocycles. The van der Waals surface area contributed by atoms with E-state index in [-0.39, 0.29) is 47.4 Å². The third kappa shape index (κ3) is 5.79. The van der Waals surface area contributed by atoms with Crippen molar-refractivity contribution in [3.63, 3.8) is 0 Å². The maximum Gasteiger partial charge on any atom is 0.359 e. The molecule has 3 aromatic rings. The summed E-state index contributed by atoms with van der Waals surface area (Å²) < 4.78 is 4.99. The Morgan fingerprint density at radius 2 is 2.03 bits per heavy atom. The molecule has 11 nitrogen and oxygen atoms in total. The number of nitrogens with one attached hydrogen (secondary N) is 3. The quantitative estimate of drug-likeness (QED) is 0.232. The van der Waals surface area contributed by atoms with Gasteiger partial charge in [0.25, 0.3) is 0 Å². The summed E-state index contributed by atoms with van der Waals surface area (Å²) in [5, 5.41) is 22.0. The standard InChI is InChI=1S/C21H23N7O4S/c1-11-10-15(28-27-11)24-18-16(22)17(20(31)32-9-8-29)25-21(26-18)33-14-6-4-13(5-7-14)23-19(30)12-2-3-12/h4-7,10,12,29H,2-3,8-9,22H2,1H3,(H,23,30)(H2,24,25,26,27,28). The Hall–Kier alpha value is -3.64. The second-order valence-electron chi connectivity index (χ2n) is 7.43. The summed E-state index contributed by atoms with van der Waals surface area (Å²) >= 11 is 1.21. The first kappa shape index (κ1) is 22.6. The summed E-state index contributed by atoms with van der Waals surface area (Å²) in [6.07, 6.45) is 1.87. The van der Waals surface area contributed by atoms with Crippen molar-refractivity contribution in [3.8, 4) is 0 Å². The maximum atomic E-state index is 12.4. The summed E-state index contributed by atoms with van der Waals surface area (Å²) in [4.78, 5) is 33.9. The van der Waals surface area contributed by atoms with Gasteiger partial charge in [0.05, 0.1) is 6.61 Å². The largest absolute Gasteiger partial charge is 0.458 e. The Kier molecular flexibility index (Phi) is 6.75. The first-order valence-corrected chi connectivity index (χ1v) is 11.1. The monoisotopic (exact) mass is 469 g/mol. The van der Waals surface area contributed by atoms with Crippen molar-refractivity contribution in [2.45, 2.75) is 29.8 Å². The van der Waals surface area contributed by atoms with Crippen molar-refractivity contribution >= 4 is 46.6 Å². The van der Waals surface area contributed by atoms with Crippen LogP contribution in [0.1, 0.15) is 29.0 Å². The van der Waals surface area contributed by atoms with Crippen molar-refractivity contribution in [2.24, 2.45) is 5.92 Å². The van der Waals surface area contributed by atoms with Crippen molar-refractivity contribution in [1.29, 1.82) is 0 Å². The highest BCUT2D eigenvalue weighted by Gasteiger charge is 2.29. The number of anilines is 4. The minimum Gasteiger partial charge on any atom is -0.458 e. The van der Waals surface area contributed by atoms with Gasteiger partial charge in [-0.25, -0.2) is 14.8 Å². The second-order valence-corrected chi connectivity index (χ2v) is 8.47. The number of aliphatic hydroxyl groups excluding tert-OH is 1. The number of nitrogens with zero attached hydrogens (tertiary/aromatic N) is 3. The van der Waals surface area contributed by atoms with Gasteiger partial charge in [-0.2, -0.15) is 5.10 Å². The molecular formula is C21H23N7O4S. The third-order valence-corrected chi connectivity index (χ3v) is 5.55. The van der Waals surface area contributed by atoms with E-state index in [1.54, 1.807) is 18.2 Å². The fourth-order valence-electron chi connectivity index (χ4n) is 2.86. The van der Waals surface area contributed by atoms with E-state index in [1.807, 2.05) is 19.1 Å². The Bertz CT molecular complexity index is 1160. The number of hydrogen-bond acceptors (Lipinski definition) is 10. The van der Waals surface area contributed by atoms with Crippen molar-refractivity contribution < 1.29 is 19.4 Å². The average molecular weight is 470 g/mol. The summed E-state index contributed by atoms with van der Waals surface area (Å²) in [5.41, 5.74) is 7.55. The summed E-state index contributed by atoms with van der Waals surface area (Å²) in [5.74, 6) is 0.0517. The van der Waals surface area contributed by atoms with Crippen LogP contribution in [0.2, 0.25) is 0 Å². The minimum atomic E-state index is -0.773. The lowest BCUT2D eigenvalue weighted by molar-refractivity contribution is -0.117. The minimum absolute atomic E-state index is 0.000999. The van der Waals surface area contributed by atoms with E-state index in [1.165, 1.54) is 11.8 Å². The number of amides is 1. The van der Waals surface area contributed by atoms with E-state index in [2.05, 4.69) is 30.8 Å². The Morgan fingerprint density at radius 3 is 2.67 bits per heavy atom. The van der Waals surface area contributed by atoms with Crippen molar-refractivity contribution in [3.05, 3.63) is 41.7 Å². The lowest BCUT2D eigenvalue weighted by Gasteiger charge is -2.12. The Morgan fingerprint density at radius 1 is 1.27 bits per heavy atom. The van der Waals surface area contributed by atoms with Gasteiger partial charge < -0.3 is 26.2 Å². The molecule has 1 aliphatic carbocycles. The summed E-state index contributed by atoms with van der Waals surface area (Å²) in [6, 6.07) is 8.98. The number of carbonyl (C=O) groups excluding carboxylic acids is 2. The molecule has 1 fully saturated rings. The predicted octanol–water partition coefficient (Wildman–Crippen LogP) is 2.48. The van der Waals surface area contributed by atoms with E-state index in [9.17, 15) is 9.59 Å². The van der Waals surface area contributed by atoms with Gasteiger partial charge >= 0.3 is 5.97 Å². The lowest BCUT2D eigenvalue weighted by atomic mass is 10.3. The van der Waals surface area contributed by atoms with Crippen LogP contribution in [0.15, 0.2) is 40.4 Å². The van der Waals surface area contributed by atoms with Crippen LogP contribution in [-0.4, -0.2) is 50.4 Å². The smallest absolute Gasteiger partial charge is 0.359 e. The fourth-order valence-corrected chi connectivity index (χ4v) is 3.61. The first-order chi connectivity index (χ1) is 15.9. The highest BCUT2D eigenvalue weighted by molar-refractivity contribution is 7.99. The number of hydrogen-bond donors (Lipinski definition) is 5. The molecular weight excluding hydrogens is 446 g/mol. The zero-order chi connectivity index (χ0) is 23.4. The molecule has 0 unspecified atom stereocenters. The SMILES string of the molecule is Cc1cc(Nc2nc(Sc3ccc(NC(=O)C4CC4)cc3)nc(C(=O)OCCO)c2N)n[nH]1. The van der Waals surface area contributed by atoms with Crippen LogP contribution < -0.4 is 16.4 Å². The van der Waals surface area contributed by atoms with Crippen LogP contribution in [0, 0.1) is 12.8 Å². The molecule has 6 N–H and O–H groups in total. The fraction of sp³-hybridized carbons (Fsp3) is 0.286. The lowest BCUT2D eigenvalue weighted by Crippen LogP contribution is -2.16. The molecule has 1 saturated carbocycles. The van der Waals surface area contributed by atoms with E-state index < -0.39 is 5.97 Å². The van der Waals surface area contributed by atoms with Gasteiger partial charge in [-0.3, -0.25) is 9.89 Å². The Balaban J connectivity index is 1.57. The molecule has 0 atom stereocenters. The zero-order valence-corrected chi connectivity index (χ0v) is 18.6. The molecule has 12 heteroatoms. The third-order valence-electron chi connectivity index (χ3n) is 4.67. The number of esters is 1. The second kappa shape index (κ2) is 9.88. The van der Waals surface area contributed by atoms with Crippen LogP contribution in [-0.2, 0) is 9.53 Å². The van der Waals surface area contributed by atoms with Crippen LogP contribution in [0.3, 0.4) is 0 Å². The first-order valence-electron chi connectivity index (χ1n) is 10.3. The van der Waals surface area contributed by atoms with Crippen LogP contribution in [0.4, 0.5) is 23.0 Å². The molecule has 1 aliphatic rings.